The van der Waals surface area contributed by atoms with Crippen molar-refractivity contribution in [2.45, 2.75) is 12.3 Å². The van der Waals surface area contributed by atoms with Crippen LogP contribution in [0.15, 0.2) is 53.5 Å². The molecule has 0 fully saturated rings. The first-order valence-electron chi connectivity index (χ1n) is 8.41. The quantitative estimate of drug-likeness (QED) is 0.671. The topological polar surface area (TPSA) is 107 Å². The molecule has 3 rings (SSSR count). The van der Waals surface area contributed by atoms with Crippen LogP contribution in [-0.2, 0) is 14.3 Å². The molecule has 8 nitrogen and oxygen atoms in total. The van der Waals surface area contributed by atoms with E-state index in [0.29, 0.717) is 11.1 Å². The van der Waals surface area contributed by atoms with E-state index in [9.17, 15) is 19.5 Å². The van der Waals surface area contributed by atoms with Gasteiger partial charge in [-0.2, -0.15) is 4.98 Å². The van der Waals surface area contributed by atoms with Gasteiger partial charge in [-0.1, -0.05) is 18.2 Å². The lowest BCUT2D eigenvalue weighted by Crippen LogP contribution is -2.24. The number of nitrogens with zero attached hydrogens (tertiary/aromatic N) is 2. The number of ether oxygens (including phenoxy) is 2. The second-order valence-corrected chi connectivity index (χ2v) is 6.03. The second kappa shape index (κ2) is 7.91. The van der Waals surface area contributed by atoms with Gasteiger partial charge in [-0.25, -0.2) is 4.79 Å². The molecular formula is C20H18N2O6. The van der Waals surface area contributed by atoms with E-state index in [1.54, 1.807) is 30.3 Å². The molecule has 0 aliphatic rings. The molecule has 8 heteroatoms. The van der Waals surface area contributed by atoms with Crippen molar-refractivity contribution in [1.82, 2.24) is 9.38 Å². The lowest BCUT2D eigenvalue weighted by molar-refractivity contribution is -0.140. The number of aromatic hydroxyl groups is 1. The van der Waals surface area contributed by atoms with Gasteiger partial charge in [0.1, 0.15) is 5.65 Å². The van der Waals surface area contributed by atoms with Crippen LogP contribution in [0.25, 0.3) is 5.65 Å². The molecule has 0 amide bonds. The van der Waals surface area contributed by atoms with Crippen molar-refractivity contribution in [3.63, 3.8) is 0 Å². The highest BCUT2D eigenvalue weighted by atomic mass is 16.5. The molecule has 2 aromatic heterocycles. The summed E-state index contributed by atoms with van der Waals surface area (Å²) >= 11 is 0. The molecule has 0 aliphatic carbocycles. The first-order chi connectivity index (χ1) is 13.5. The Morgan fingerprint density at radius 1 is 1.11 bits per heavy atom. The number of aromatic nitrogens is 2. The number of benzene rings is 1. The number of methoxy groups -OCH3 is 2. The van der Waals surface area contributed by atoms with Crippen LogP contribution >= 0.6 is 0 Å². The van der Waals surface area contributed by atoms with E-state index in [2.05, 4.69) is 9.72 Å². The third kappa shape index (κ3) is 3.57. The van der Waals surface area contributed by atoms with Crippen LogP contribution in [0.4, 0.5) is 0 Å². The third-order valence-corrected chi connectivity index (χ3v) is 4.43. The van der Waals surface area contributed by atoms with Crippen LogP contribution in [0.5, 0.6) is 5.88 Å². The van der Waals surface area contributed by atoms with Crippen LogP contribution in [0.2, 0.25) is 0 Å². The van der Waals surface area contributed by atoms with Gasteiger partial charge in [0.2, 0.25) is 5.88 Å². The van der Waals surface area contributed by atoms with Gasteiger partial charge in [-0.15, -0.1) is 0 Å². The summed E-state index contributed by atoms with van der Waals surface area (Å²) < 4.78 is 10.7. The van der Waals surface area contributed by atoms with Crippen molar-refractivity contribution in [2.24, 2.45) is 0 Å². The molecular weight excluding hydrogens is 364 g/mol. The molecule has 0 aliphatic heterocycles. The highest BCUT2D eigenvalue weighted by Crippen LogP contribution is 2.31. The van der Waals surface area contributed by atoms with E-state index in [0.717, 1.165) is 0 Å². The van der Waals surface area contributed by atoms with Crippen molar-refractivity contribution in [1.29, 1.82) is 0 Å². The number of rotatable bonds is 5. The molecule has 144 valence electrons. The number of hydrogen-bond donors (Lipinski definition) is 1. The van der Waals surface area contributed by atoms with E-state index >= 15 is 0 Å². The van der Waals surface area contributed by atoms with Crippen molar-refractivity contribution >= 4 is 17.6 Å². The smallest absolute Gasteiger partial charge is 0.337 e. The normalized spacial score (nSPS) is 11.8. The molecule has 3 aromatic rings. The van der Waals surface area contributed by atoms with Gasteiger partial charge in [0.15, 0.2) is 0 Å². The van der Waals surface area contributed by atoms with Gasteiger partial charge in [-0.3, -0.25) is 14.0 Å². The van der Waals surface area contributed by atoms with Crippen molar-refractivity contribution in [2.75, 3.05) is 14.2 Å². The Morgan fingerprint density at radius 2 is 1.82 bits per heavy atom. The lowest BCUT2D eigenvalue weighted by atomic mass is 9.89. The second-order valence-electron chi connectivity index (χ2n) is 6.03. The van der Waals surface area contributed by atoms with Crippen LogP contribution in [0.3, 0.4) is 0 Å². The monoisotopic (exact) mass is 382 g/mol. The summed E-state index contributed by atoms with van der Waals surface area (Å²) in [5.74, 6) is -2.33. The lowest BCUT2D eigenvalue weighted by Gasteiger charge is -2.18. The molecule has 0 saturated carbocycles. The minimum absolute atomic E-state index is 0.0279. The Morgan fingerprint density at radius 3 is 2.46 bits per heavy atom. The molecule has 1 N–H and O–H groups in total. The zero-order valence-corrected chi connectivity index (χ0v) is 15.3. The van der Waals surface area contributed by atoms with E-state index in [1.165, 1.54) is 36.9 Å². The van der Waals surface area contributed by atoms with Gasteiger partial charge in [0.25, 0.3) is 5.56 Å². The number of hydrogen-bond acceptors (Lipinski definition) is 7. The highest BCUT2D eigenvalue weighted by Gasteiger charge is 2.27. The number of pyridine rings is 1. The predicted octanol–water partition coefficient (Wildman–Crippen LogP) is 1.88. The number of esters is 2. The molecule has 1 atom stereocenters. The predicted molar refractivity (Wildman–Crippen MR) is 99.4 cm³/mol. The Labute approximate surface area is 160 Å². The van der Waals surface area contributed by atoms with E-state index in [-0.39, 0.29) is 17.6 Å². The summed E-state index contributed by atoms with van der Waals surface area (Å²) in [5.41, 5.74) is 0.629. The molecule has 0 spiro atoms. The Hall–Kier alpha value is -3.68. The fourth-order valence-electron chi connectivity index (χ4n) is 3.00. The van der Waals surface area contributed by atoms with Gasteiger partial charge in [0.05, 0.1) is 31.8 Å². The standard InChI is InChI=1S/C20H18N2O6/c1-27-16(23)11-14(12-6-8-13(9-7-12)20(26)28-2)17-18(24)21-15-5-3-4-10-22(15)19(17)25/h3-10,14,24H,11H2,1-2H3/t14-/m1/s1. The maximum absolute atomic E-state index is 13.0. The Balaban J connectivity index is 2.16. The molecule has 2 heterocycles. The van der Waals surface area contributed by atoms with Gasteiger partial charge < -0.3 is 14.6 Å². The van der Waals surface area contributed by atoms with E-state index in [1.807, 2.05) is 0 Å². The summed E-state index contributed by atoms with van der Waals surface area (Å²) in [6, 6.07) is 11.2. The van der Waals surface area contributed by atoms with Crippen molar-refractivity contribution < 1.29 is 24.2 Å². The van der Waals surface area contributed by atoms with E-state index in [4.69, 9.17) is 4.74 Å². The molecule has 0 bridgehead atoms. The van der Waals surface area contributed by atoms with Gasteiger partial charge >= 0.3 is 11.9 Å². The summed E-state index contributed by atoms with van der Waals surface area (Å²) in [6.45, 7) is 0. The average molecular weight is 382 g/mol. The molecule has 0 saturated heterocycles. The Kier molecular flexibility index (Phi) is 5.39. The van der Waals surface area contributed by atoms with Crippen molar-refractivity contribution in [3.05, 3.63) is 75.7 Å². The fourth-order valence-corrected chi connectivity index (χ4v) is 3.00. The summed E-state index contributed by atoms with van der Waals surface area (Å²) in [7, 11) is 2.52. The Bertz CT molecular complexity index is 1090. The molecule has 1 aromatic carbocycles. The van der Waals surface area contributed by atoms with Crippen molar-refractivity contribution in [3.8, 4) is 5.88 Å². The minimum Gasteiger partial charge on any atom is -0.493 e. The fraction of sp³-hybridized carbons (Fsp3) is 0.200. The summed E-state index contributed by atoms with van der Waals surface area (Å²) in [4.78, 5) is 40.7. The van der Waals surface area contributed by atoms with Crippen LogP contribution < -0.4 is 5.56 Å². The zero-order chi connectivity index (χ0) is 20.3. The molecule has 28 heavy (non-hydrogen) atoms. The third-order valence-electron chi connectivity index (χ3n) is 4.43. The highest BCUT2D eigenvalue weighted by molar-refractivity contribution is 5.89. The van der Waals surface area contributed by atoms with Gasteiger partial charge in [-0.05, 0) is 29.8 Å². The van der Waals surface area contributed by atoms with Crippen LogP contribution in [0.1, 0.15) is 33.8 Å². The average Bonchev–Trinajstić information content (AvgIpc) is 2.72. The minimum atomic E-state index is -0.809. The number of carbonyl (C=O) groups is 2. The SMILES string of the molecule is COC(=O)C[C@H](c1ccc(C(=O)OC)cc1)c1c(O)nc2ccccn2c1=O. The summed E-state index contributed by atoms with van der Waals surface area (Å²) in [5, 5.41) is 10.4. The first-order valence-corrected chi connectivity index (χ1v) is 8.41. The zero-order valence-electron chi connectivity index (χ0n) is 15.3. The maximum Gasteiger partial charge on any atom is 0.337 e. The maximum atomic E-state index is 13.0. The van der Waals surface area contributed by atoms with Crippen LogP contribution in [-0.4, -0.2) is 40.6 Å². The molecule has 0 radical (unpaired) electrons. The largest absolute Gasteiger partial charge is 0.493 e. The molecule has 0 unspecified atom stereocenters. The first kappa shape index (κ1) is 19.1. The van der Waals surface area contributed by atoms with Gasteiger partial charge in [0, 0.05) is 12.1 Å². The van der Waals surface area contributed by atoms with E-state index < -0.39 is 29.3 Å². The number of carbonyl (C=O) groups excluding carboxylic acids is 2. The number of fused-ring (bicyclic) bond motifs is 1. The van der Waals surface area contributed by atoms with Crippen LogP contribution in [0, 0.1) is 0 Å². The summed E-state index contributed by atoms with van der Waals surface area (Å²) in [6.07, 6.45) is 1.35.